The average Bonchev–Trinajstić information content (AvgIpc) is 3.65. The average molecular weight is 1240 g/mol. The molecule has 29 nitrogen and oxygen atoms in total. The second-order valence-corrected chi connectivity index (χ2v) is 22.7. The summed E-state index contributed by atoms with van der Waals surface area (Å²) in [6, 6.07) is -8.36. The van der Waals surface area contributed by atoms with Crippen molar-refractivity contribution in [2.45, 2.75) is 179 Å². The summed E-state index contributed by atoms with van der Waals surface area (Å²) in [4.78, 5) is 153. The van der Waals surface area contributed by atoms with Gasteiger partial charge in [0.05, 0.1) is 12.1 Å². The van der Waals surface area contributed by atoms with E-state index in [1.165, 1.54) is 43.0 Å². The largest absolute Gasteiger partial charge is 0.508 e. The van der Waals surface area contributed by atoms with Gasteiger partial charge in [-0.05, 0) is 106 Å². The monoisotopic (exact) mass is 1240 g/mol. The quantitative estimate of drug-likeness (QED) is 0.0131. The summed E-state index contributed by atoms with van der Waals surface area (Å²) >= 11 is 5.75. The minimum atomic E-state index is -1.79. The van der Waals surface area contributed by atoms with Crippen LogP contribution >= 0.6 is 24.4 Å². The Hall–Kier alpha value is -6.96. The van der Waals surface area contributed by atoms with E-state index in [9.17, 15) is 68.1 Å². The number of nitrogens with one attached hydrogen (secondary N) is 9. The number of nitrogens with two attached hydrogens (primary N) is 5. The Morgan fingerprint density at radius 1 is 0.576 bits per heavy atom. The number of aliphatic carboxylic acids is 1. The Kier molecular flexibility index (Phi) is 35.4. The fourth-order valence-corrected chi connectivity index (χ4v) is 8.99. The number of carbonyl (C=O) groups is 11. The van der Waals surface area contributed by atoms with E-state index < -0.39 is 149 Å². The molecule has 22 N–H and O–H groups in total. The number of thiol groups is 1. The van der Waals surface area contributed by atoms with Crippen LogP contribution in [0.15, 0.2) is 29.3 Å². The number of rotatable bonds is 41. The Labute approximate surface area is 506 Å². The van der Waals surface area contributed by atoms with Crippen molar-refractivity contribution in [3.63, 3.8) is 0 Å². The first-order valence-corrected chi connectivity index (χ1v) is 30.3. The Morgan fingerprint density at radius 3 is 1.48 bits per heavy atom. The van der Waals surface area contributed by atoms with Crippen LogP contribution in [-0.4, -0.2) is 184 Å². The normalized spacial score (nSPS) is 15.5. The van der Waals surface area contributed by atoms with Gasteiger partial charge in [-0.25, -0.2) is 4.79 Å². The first-order valence-electron chi connectivity index (χ1n) is 28.2. The van der Waals surface area contributed by atoms with Gasteiger partial charge >= 0.3 is 5.97 Å². The van der Waals surface area contributed by atoms with Crippen LogP contribution in [-0.2, 0) is 59.2 Å². The summed E-state index contributed by atoms with van der Waals surface area (Å²) in [5.74, 6) is -11.9. The molecule has 0 saturated heterocycles. The van der Waals surface area contributed by atoms with Crippen molar-refractivity contribution in [2.24, 2.45) is 51.4 Å². The lowest BCUT2D eigenvalue weighted by atomic mass is 9.97. The number of carboxylic acids is 1. The highest BCUT2D eigenvalue weighted by atomic mass is 32.2. The number of carbonyl (C=O) groups excluding carboxylic acids is 10. The van der Waals surface area contributed by atoms with Gasteiger partial charge in [-0.1, -0.05) is 60.1 Å². The topological polar surface area (TPSA) is 499 Å². The molecule has 480 valence electrons. The van der Waals surface area contributed by atoms with Gasteiger partial charge in [0.1, 0.15) is 60.1 Å². The van der Waals surface area contributed by atoms with E-state index in [1.54, 1.807) is 41.5 Å². The van der Waals surface area contributed by atoms with Crippen molar-refractivity contribution in [3.8, 4) is 5.75 Å². The number of benzene rings is 1. The second kappa shape index (κ2) is 39.6. The van der Waals surface area contributed by atoms with Crippen molar-refractivity contribution < 1.29 is 68.1 Å². The molecule has 0 aromatic heterocycles. The van der Waals surface area contributed by atoms with Gasteiger partial charge in [0.2, 0.25) is 59.1 Å². The number of hydrogen-bond donors (Lipinski definition) is 18. The molecule has 0 radical (unpaired) electrons. The number of hydrogen-bond acceptors (Lipinski definition) is 18. The number of phenolic OH excluding ortho intramolecular Hbond substituents is 1. The van der Waals surface area contributed by atoms with Crippen molar-refractivity contribution >= 4 is 95.4 Å². The van der Waals surface area contributed by atoms with Crippen LogP contribution in [0.5, 0.6) is 5.75 Å². The molecule has 31 heteroatoms. The Balaban J connectivity index is 3.64. The van der Waals surface area contributed by atoms with Crippen LogP contribution < -0.4 is 76.5 Å². The molecule has 0 saturated carbocycles. The van der Waals surface area contributed by atoms with E-state index in [1.807, 2.05) is 6.26 Å². The van der Waals surface area contributed by atoms with E-state index in [-0.39, 0.29) is 75.5 Å². The summed E-state index contributed by atoms with van der Waals surface area (Å²) in [5.41, 5.74) is 28.5. The number of primary amides is 1. The zero-order valence-electron chi connectivity index (χ0n) is 49.8. The minimum absolute atomic E-state index is 0.0215. The maximum Gasteiger partial charge on any atom is 0.326 e. The summed E-state index contributed by atoms with van der Waals surface area (Å²) in [5, 5.41) is 53.7. The number of thioether (sulfide) groups is 1. The van der Waals surface area contributed by atoms with E-state index >= 15 is 0 Å². The molecular weight excluding hydrogens is 1150 g/mol. The molecule has 0 spiro atoms. The molecule has 1 rings (SSSR count). The van der Waals surface area contributed by atoms with E-state index in [2.05, 4.69) is 65.5 Å². The van der Waals surface area contributed by atoms with Gasteiger partial charge in [0.25, 0.3) is 0 Å². The number of unbranched alkanes of at least 4 members (excludes halogenated alkanes) is 1. The predicted molar refractivity (Wildman–Crippen MR) is 324 cm³/mol. The molecule has 0 aliphatic carbocycles. The summed E-state index contributed by atoms with van der Waals surface area (Å²) in [6.45, 7) is 11.2. The van der Waals surface area contributed by atoms with E-state index in [0.717, 1.165) is 0 Å². The molecule has 1 aromatic carbocycles. The number of carboxylic acid groups (broad SMARTS) is 1. The Morgan fingerprint density at radius 2 is 1.01 bits per heavy atom. The lowest BCUT2D eigenvalue weighted by molar-refractivity contribution is -0.144. The molecular formula is C54H93N15O14S2. The lowest BCUT2D eigenvalue weighted by Gasteiger charge is -2.30. The van der Waals surface area contributed by atoms with Gasteiger partial charge in [0, 0.05) is 25.1 Å². The van der Waals surface area contributed by atoms with Crippen LogP contribution in [0.2, 0.25) is 0 Å². The number of amides is 10. The van der Waals surface area contributed by atoms with Crippen LogP contribution in [0, 0.1) is 17.8 Å². The van der Waals surface area contributed by atoms with Crippen LogP contribution in [0.1, 0.15) is 112 Å². The predicted octanol–water partition coefficient (Wildman–Crippen LogP) is -3.42. The highest BCUT2D eigenvalue weighted by molar-refractivity contribution is 7.98. The lowest BCUT2D eigenvalue weighted by Crippen LogP contribution is -2.62. The molecule has 0 aliphatic rings. The van der Waals surface area contributed by atoms with Crippen molar-refractivity contribution in [3.05, 3.63) is 29.8 Å². The van der Waals surface area contributed by atoms with Crippen molar-refractivity contribution in [2.75, 3.05) is 30.9 Å². The second-order valence-electron chi connectivity index (χ2n) is 21.4. The van der Waals surface area contributed by atoms with Crippen molar-refractivity contribution in [1.29, 1.82) is 0 Å². The van der Waals surface area contributed by atoms with Gasteiger partial charge < -0.3 is 91.8 Å². The molecule has 0 unspecified atom stereocenters. The number of aliphatic imine (C=N–C) groups is 1. The number of phenols is 1. The number of nitrogens with zero attached hydrogens (tertiary/aromatic N) is 1. The first kappa shape index (κ1) is 76.1. The molecule has 12 atom stereocenters. The van der Waals surface area contributed by atoms with Crippen LogP contribution in [0.4, 0.5) is 0 Å². The minimum Gasteiger partial charge on any atom is -0.508 e. The summed E-state index contributed by atoms with van der Waals surface area (Å²) in [7, 11) is 0. The first-order chi connectivity index (χ1) is 39.9. The molecule has 10 amide bonds. The third-order valence-electron chi connectivity index (χ3n) is 13.6. The third kappa shape index (κ3) is 28.2. The van der Waals surface area contributed by atoms with E-state index in [4.69, 9.17) is 28.7 Å². The number of guanidine groups is 1. The highest BCUT2D eigenvalue weighted by Crippen LogP contribution is 2.15. The fourth-order valence-electron chi connectivity index (χ4n) is 8.25. The summed E-state index contributed by atoms with van der Waals surface area (Å²) < 4.78 is 0. The zero-order valence-corrected chi connectivity index (χ0v) is 51.5. The van der Waals surface area contributed by atoms with E-state index in [0.29, 0.717) is 30.6 Å². The van der Waals surface area contributed by atoms with Gasteiger partial charge in [-0.3, -0.25) is 52.9 Å². The van der Waals surface area contributed by atoms with Crippen LogP contribution in [0.25, 0.3) is 0 Å². The smallest absolute Gasteiger partial charge is 0.326 e. The molecule has 0 fully saturated rings. The maximum atomic E-state index is 14.5. The fraction of sp³-hybridized carbons (Fsp3) is 0.667. The molecule has 1 aromatic rings. The SMILES string of the molecule is CC[C@H](C)[C@H](NC(=O)[C@@H](NC(=O)[C@H](CCCCN)NC(=O)[C@@H](NC(=O)[C@H](CCCN=C(N)N)NC(=O)[C@H](Cc1ccc(O)cc1)NC(=O)[C@H](CS)NC(=O)[C@@H](NC(=O)[C@H](CCC(N)=O)NC(=O)[C@@H](N)CCSC)C(C)C)[C@@H](C)O)C(C)C)C(=O)O. The van der Waals surface area contributed by atoms with Crippen molar-refractivity contribution in [1.82, 2.24) is 47.9 Å². The number of aliphatic hydroxyl groups is 1. The van der Waals surface area contributed by atoms with Gasteiger partial charge in [-0.15, -0.1) is 0 Å². The highest BCUT2D eigenvalue weighted by Gasteiger charge is 2.38. The van der Waals surface area contributed by atoms with Gasteiger partial charge in [-0.2, -0.15) is 24.4 Å². The van der Waals surface area contributed by atoms with Gasteiger partial charge in [0.15, 0.2) is 5.96 Å². The van der Waals surface area contributed by atoms with Crippen LogP contribution in [0.3, 0.4) is 0 Å². The molecule has 0 heterocycles. The summed E-state index contributed by atoms with van der Waals surface area (Å²) in [6.07, 6.45) is 0.618. The molecule has 85 heavy (non-hydrogen) atoms. The zero-order chi connectivity index (χ0) is 64.7. The molecule has 0 aliphatic heterocycles. The standard InChI is InChI=1S/C54H93N15O14S2/c1-9-29(6)42(53(82)83)68-51(80)41(28(4)5)67-45(74)34(13-10-11-22-55)63-52(81)43(30(7)70)69-46(75)35(14-12-23-60-54(58)59)62-48(77)37(25-31-15-17-32(71)18-16-31)64-49(78)38(26-84)65-50(79)40(27(2)3)66-47(76)36(19-20-39(57)72)61-44(73)33(56)21-24-85-8/h15-18,27-30,33-38,40-43,70-71,84H,9-14,19-26,55-56H2,1-8H3,(H2,57,72)(H,61,73)(H,62,77)(H,63,81)(H,64,78)(H,65,79)(H,66,76)(H,67,74)(H,68,80)(H,69,75)(H,82,83)(H4,58,59,60)/t29-,30+,33-,34-,35-,36-,37-,38-,40-,41-,42-,43-/m0/s1. The maximum absolute atomic E-state index is 14.5. The Bertz CT molecular complexity index is 2400. The molecule has 0 bridgehead atoms. The number of aliphatic hydroxyl groups excluding tert-OH is 1. The number of aromatic hydroxyl groups is 1. The third-order valence-corrected chi connectivity index (χ3v) is 14.6.